The van der Waals surface area contributed by atoms with E-state index in [4.69, 9.17) is 16.3 Å². The van der Waals surface area contributed by atoms with E-state index in [0.717, 1.165) is 18.9 Å². The largest absolute Gasteiger partial charge is 0.452 e. The summed E-state index contributed by atoms with van der Waals surface area (Å²) in [6, 6.07) is 3.42. The molecule has 0 aromatic heterocycles. The average molecular weight is 357 g/mol. The maximum Gasteiger partial charge on any atom is 0.340 e. The second kappa shape index (κ2) is 9.22. The van der Waals surface area contributed by atoms with Gasteiger partial charge in [-0.3, -0.25) is 14.9 Å². The molecule has 1 aromatic carbocycles. The van der Waals surface area contributed by atoms with Crippen molar-refractivity contribution in [1.29, 1.82) is 0 Å². The molecule has 1 rings (SSSR count). The highest BCUT2D eigenvalue weighted by Crippen LogP contribution is 2.22. The number of ether oxygens (including phenoxy) is 1. The van der Waals surface area contributed by atoms with Gasteiger partial charge in [0, 0.05) is 18.2 Å². The van der Waals surface area contributed by atoms with Crippen molar-refractivity contribution in [2.45, 2.75) is 39.7 Å². The van der Waals surface area contributed by atoms with E-state index in [2.05, 4.69) is 19.2 Å². The van der Waals surface area contributed by atoms with Gasteiger partial charge >= 0.3 is 5.97 Å². The van der Waals surface area contributed by atoms with E-state index in [-0.39, 0.29) is 22.3 Å². The Balaban J connectivity index is 2.55. The summed E-state index contributed by atoms with van der Waals surface area (Å²) in [6.45, 7) is 5.60. The highest BCUT2D eigenvalue weighted by molar-refractivity contribution is 6.33. The van der Waals surface area contributed by atoms with Gasteiger partial charge in [0.05, 0.1) is 15.5 Å². The van der Waals surface area contributed by atoms with Crippen molar-refractivity contribution >= 4 is 29.2 Å². The number of nitro groups is 1. The second-order valence-corrected chi connectivity index (χ2v) is 6.34. The van der Waals surface area contributed by atoms with Crippen molar-refractivity contribution in [2.75, 3.05) is 6.61 Å². The van der Waals surface area contributed by atoms with Gasteiger partial charge in [0.15, 0.2) is 6.61 Å². The molecule has 1 aromatic rings. The van der Waals surface area contributed by atoms with E-state index >= 15 is 0 Å². The number of carbonyl (C=O) groups excluding carboxylic acids is 2. The van der Waals surface area contributed by atoms with Crippen LogP contribution in [0.4, 0.5) is 5.69 Å². The normalized spacial score (nSPS) is 11.9. The summed E-state index contributed by atoms with van der Waals surface area (Å²) in [5.74, 6) is -0.770. The lowest BCUT2D eigenvalue weighted by Crippen LogP contribution is -2.36. The summed E-state index contributed by atoms with van der Waals surface area (Å²) < 4.78 is 4.87. The molecule has 0 saturated heterocycles. The third-order valence-electron chi connectivity index (χ3n) is 3.30. The third kappa shape index (κ3) is 6.54. The molecular weight excluding hydrogens is 336 g/mol. The second-order valence-electron chi connectivity index (χ2n) is 5.94. The van der Waals surface area contributed by atoms with E-state index in [9.17, 15) is 19.7 Å². The highest BCUT2D eigenvalue weighted by Gasteiger charge is 2.18. The van der Waals surface area contributed by atoms with Gasteiger partial charge in [0.2, 0.25) is 0 Å². The van der Waals surface area contributed by atoms with E-state index in [1.165, 1.54) is 12.1 Å². The molecule has 24 heavy (non-hydrogen) atoms. The Morgan fingerprint density at radius 2 is 1.96 bits per heavy atom. The van der Waals surface area contributed by atoms with Crippen LogP contribution >= 0.6 is 11.6 Å². The van der Waals surface area contributed by atoms with Gasteiger partial charge < -0.3 is 10.1 Å². The maximum absolute atomic E-state index is 11.9. The first-order valence-electron chi connectivity index (χ1n) is 7.61. The lowest BCUT2D eigenvalue weighted by Gasteiger charge is -2.15. The molecule has 0 fully saturated rings. The number of amides is 1. The number of halogens is 1. The Hall–Kier alpha value is -2.15. The molecule has 0 saturated carbocycles. The monoisotopic (exact) mass is 356 g/mol. The van der Waals surface area contributed by atoms with Crippen molar-refractivity contribution in [3.8, 4) is 0 Å². The Morgan fingerprint density at radius 1 is 1.29 bits per heavy atom. The van der Waals surface area contributed by atoms with E-state index in [1.807, 2.05) is 6.92 Å². The molecule has 1 atom stereocenters. The molecule has 0 bridgehead atoms. The van der Waals surface area contributed by atoms with E-state index in [0.29, 0.717) is 5.92 Å². The fourth-order valence-electron chi connectivity index (χ4n) is 1.96. The smallest absolute Gasteiger partial charge is 0.340 e. The molecule has 1 N–H and O–H groups in total. The minimum atomic E-state index is -0.881. The van der Waals surface area contributed by atoms with Crippen LogP contribution in [-0.4, -0.2) is 29.4 Å². The fourth-order valence-corrected chi connectivity index (χ4v) is 2.16. The zero-order chi connectivity index (χ0) is 18.3. The topological polar surface area (TPSA) is 98.5 Å². The molecule has 0 unspecified atom stereocenters. The summed E-state index contributed by atoms with van der Waals surface area (Å²) in [5.41, 5.74) is -0.426. The number of hydrogen-bond acceptors (Lipinski definition) is 5. The van der Waals surface area contributed by atoms with Crippen molar-refractivity contribution in [2.24, 2.45) is 5.92 Å². The van der Waals surface area contributed by atoms with Gasteiger partial charge in [-0.15, -0.1) is 0 Å². The number of carbonyl (C=O) groups is 2. The summed E-state index contributed by atoms with van der Waals surface area (Å²) in [7, 11) is 0. The first-order chi connectivity index (χ1) is 11.2. The molecular formula is C16H21ClN2O5. The molecule has 8 heteroatoms. The van der Waals surface area contributed by atoms with Crippen LogP contribution in [0.1, 0.15) is 44.0 Å². The van der Waals surface area contributed by atoms with Gasteiger partial charge in [0.1, 0.15) is 0 Å². The zero-order valence-corrected chi connectivity index (χ0v) is 14.6. The van der Waals surface area contributed by atoms with Crippen LogP contribution in [0, 0.1) is 16.0 Å². The molecule has 0 heterocycles. The van der Waals surface area contributed by atoms with Crippen molar-refractivity contribution < 1.29 is 19.2 Å². The van der Waals surface area contributed by atoms with Gasteiger partial charge in [-0.1, -0.05) is 25.4 Å². The zero-order valence-electron chi connectivity index (χ0n) is 13.9. The quantitative estimate of drug-likeness (QED) is 0.437. The summed E-state index contributed by atoms with van der Waals surface area (Å²) in [6.07, 6.45) is 1.80. The van der Waals surface area contributed by atoms with E-state index in [1.54, 1.807) is 0 Å². The minimum absolute atomic E-state index is 0.0244. The number of non-ortho nitro benzene ring substituents is 1. The number of hydrogen-bond donors (Lipinski definition) is 1. The van der Waals surface area contributed by atoms with Crippen molar-refractivity contribution in [1.82, 2.24) is 5.32 Å². The van der Waals surface area contributed by atoms with Crippen LogP contribution in [0.15, 0.2) is 18.2 Å². The molecule has 0 radical (unpaired) electrons. The number of rotatable bonds is 8. The highest BCUT2D eigenvalue weighted by atomic mass is 35.5. The standard InChI is InChI=1S/C16H21ClN2O5/c1-10(2)4-5-11(3)18-15(20)9-24-16(21)13-8-12(19(22)23)6-7-14(13)17/h6-8,10-11H,4-5,9H2,1-3H3,(H,18,20)/t11-/m1/s1. The van der Waals surface area contributed by atoms with Gasteiger partial charge in [-0.2, -0.15) is 0 Å². The molecule has 0 aliphatic carbocycles. The van der Waals surface area contributed by atoms with Crippen LogP contribution in [0.2, 0.25) is 5.02 Å². The molecule has 7 nitrogen and oxygen atoms in total. The number of esters is 1. The van der Waals surface area contributed by atoms with Gasteiger partial charge in [0.25, 0.3) is 11.6 Å². The molecule has 0 spiro atoms. The molecule has 0 aliphatic heterocycles. The Labute approximate surface area is 145 Å². The summed E-state index contributed by atoms with van der Waals surface area (Å²) in [5, 5.41) is 13.5. The Bertz CT molecular complexity index is 618. The van der Waals surface area contributed by atoms with Crippen LogP contribution in [0.25, 0.3) is 0 Å². The first-order valence-corrected chi connectivity index (χ1v) is 7.99. The molecule has 132 valence electrons. The fraction of sp³-hybridized carbons (Fsp3) is 0.500. The number of benzene rings is 1. The lowest BCUT2D eigenvalue weighted by molar-refractivity contribution is -0.384. The van der Waals surface area contributed by atoms with Gasteiger partial charge in [-0.25, -0.2) is 4.79 Å². The predicted molar refractivity (Wildman–Crippen MR) is 90.1 cm³/mol. The Kier molecular flexibility index (Phi) is 7.64. The van der Waals surface area contributed by atoms with Crippen LogP contribution in [-0.2, 0) is 9.53 Å². The third-order valence-corrected chi connectivity index (χ3v) is 3.63. The van der Waals surface area contributed by atoms with Crippen LogP contribution in [0.5, 0.6) is 0 Å². The van der Waals surface area contributed by atoms with Crippen molar-refractivity contribution in [3.05, 3.63) is 38.9 Å². The van der Waals surface area contributed by atoms with Crippen LogP contribution < -0.4 is 5.32 Å². The molecule has 1 amide bonds. The maximum atomic E-state index is 11.9. The minimum Gasteiger partial charge on any atom is -0.452 e. The van der Waals surface area contributed by atoms with E-state index < -0.39 is 23.4 Å². The Morgan fingerprint density at radius 3 is 2.54 bits per heavy atom. The average Bonchev–Trinajstić information content (AvgIpc) is 2.50. The first kappa shape index (κ1) is 19.9. The van der Waals surface area contributed by atoms with Crippen LogP contribution in [0.3, 0.4) is 0 Å². The number of nitrogens with zero attached hydrogens (tertiary/aromatic N) is 1. The summed E-state index contributed by atoms with van der Waals surface area (Å²) >= 11 is 5.84. The van der Waals surface area contributed by atoms with Crippen molar-refractivity contribution in [3.63, 3.8) is 0 Å². The number of nitro benzene ring substituents is 1. The lowest BCUT2D eigenvalue weighted by atomic mass is 10.0. The predicted octanol–water partition coefficient (Wildman–Crippen LogP) is 3.35. The number of nitrogens with one attached hydrogen (secondary N) is 1. The summed E-state index contributed by atoms with van der Waals surface area (Å²) in [4.78, 5) is 33.8. The van der Waals surface area contributed by atoms with Gasteiger partial charge in [-0.05, 0) is 31.7 Å². The SMILES string of the molecule is CC(C)CC[C@@H](C)NC(=O)COC(=O)c1cc([N+](=O)[O-])ccc1Cl. The molecule has 0 aliphatic rings.